The molecule has 65 heavy (non-hydrogen) atoms. The second-order valence-corrected chi connectivity index (χ2v) is 17.0. The Morgan fingerprint density at radius 2 is 1.11 bits per heavy atom. The Balaban J connectivity index is 0.000000194. The van der Waals surface area contributed by atoms with Crippen molar-refractivity contribution in [2.45, 2.75) is 90.6 Å². The van der Waals surface area contributed by atoms with Gasteiger partial charge in [0.2, 0.25) is 5.91 Å². The predicted octanol–water partition coefficient (Wildman–Crippen LogP) is 7.59. The van der Waals surface area contributed by atoms with Gasteiger partial charge in [0.25, 0.3) is 11.8 Å². The summed E-state index contributed by atoms with van der Waals surface area (Å²) < 4.78 is 11.9. The molecule has 0 radical (unpaired) electrons. The minimum absolute atomic E-state index is 0.134. The van der Waals surface area contributed by atoms with E-state index in [1.165, 1.54) is 0 Å². The van der Waals surface area contributed by atoms with E-state index >= 15 is 0 Å². The highest BCUT2D eigenvalue weighted by atomic mass is 16.5. The predicted molar refractivity (Wildman–Crippen MR) is 246 cm³/mol. The number of hydrogen-bond acceptors (Lipinski definition) is 10. The van der Waals surface area contributed by atoms with Crippen molar-refractivity contribution in [3.8, 4) is 11.5 Å². The number of carboxylic acids is 1. The number of hydrogen-bond donors (Lipinski definition) is 6. The molecule has 14 heteroatoms. The van der Waals surface area contributed by atoms with Gasteiger partial charge in [-0.15, -0.1) is 0 Å². The maximum absolute atomic E-state index is 12.8. The van der Waals surface area contributed by atoms with Gasteiger partial charge < -0.3 is 30.9 Å². The summed E-state index contributed by atoms with van der Waals surface area (Å²) in [6.07, 6.45) is 4.43. The van der Waals surface area contributed by atoms with Crippen molar-refractivity contribution in [3.05, 3.63) is 143 Å². The van der Waals surface area contributed by atoms with E-state index in [0.717, 1.165) is 63.6 Å². The Hall–Kier alpha value is -6.90. The van der Waals surface area contributed by atoms with E-state index in [4.69, 9.17) is 20.4 Å². The molecule has 2 unspecified atom stereocenters. The number of carbonyl (C=O) groups excluding carboxylic acids is 3. The Labute approximate surface area is 377 Å². The molecule has 2 aliphatic rings. The highest BCUT2D eigenvalue weighted by Gasteiger charge is 2.38. The maximum atomic E-state index is 12.8. The van der Waals surface area contributed by atoms with Crippen molar-refractivity contribution in [1.82, 2.24) is 26.1 Å². The third kappa shape index (κ3) is 11.4. The number of nitrogens with one attached hydrogen (secondary N) is 3. The number of nitrogens with two attached hydrogens (primary N) is 1. The third-order valence-corrected chi connectivity index (χ3v) is 12.4. The van der Waals surface area contributed by atoms with Crippen LogP contribution in [0, 0.1) is 31.6 Å². The molecule has 14 nitrogen and oxygen atoms in total. The van der Waals surface area contributed by atoms with Crippen LogP contribution in [-0.4, -0.2) is 62.1 Å². The van der Waals surface area contributed by atoms with Crippen molar-refractivity contribution in [2.75, 3.05) is 0 Å². The highest BCUT2D eigenvalue weighted by Crippen LogP contribution is 2.30. The smallest absolute Gasteiger partial charge is 0.308 e. The number of benzene rings is 4. The Bertz CT molecular complexity index is 2640. The number of rotatable bonds is 12. The number of ether oxygens (including phenoxy) is 2. The first-order valence-electron chi connectivity index (χ1n) is 22.1. The van der Waals surface area contributed by atoms with Crippen molar-refractivity contribution < 1.29 is 39.0 Å². The van der Waals surface area contributed by atoms with Gasteiger partial charge in [-0.3, -0.25) is 34.4 Å². The lowest BCUT2D eigenvalue weighted by molar-refractivity contribution is -0.144. The lowest BCUT2D eigenvalue weighted by atomic mass is 9.77. The lowest BCUT2D eigenvalue weighted by Gasteiger charge is -2.35. The van der Waals surface area contributed by atoms with Crippen LogP contribution < -0.4 is 31.3 Å². The first kappa shape index (κ1) is 46.1. The quantitative estimate of drug-likeness (QED) is 0.0520. The number of aliphatic carboxylic acids is 1. The Morgan fingerprint density at radius 1 is 0.646 bits per heavy atom. The molecule has 0 aliphatic heterocycles. The first-order chi connectivity index (χ1) is 31.4. The van der Waals surface area contributed by atoms with Crippen LogP contribution >= 0.6 is 0 Å². The van der Waals surface area contributed by atoms with E-state index in [9.17, 15) is 24.3 Å². The number of fused-ring (bicyclic) bond motifs is 2. The van der Waals surface area contributed by atoms with E-state index in [2.05, 4.69) is 20.6 Å². The largest absolute Gasteiger partial charge is 0.489 e. The molecule has 2 aromatic heterocycles. The summed E-state index contributed by atoms with van der Waals surface area (Å²) in [5.41, 5.74) is 14.6. The van der Waals surface area contributed by atoms with Crippen LogP contribution in [0.15, 0.2) is 109 Å². The Kier molecular flexibility index (Phi) is 15.0. The topological polar surface area (TPSA) is 215 Å². The molecular formula is C51H56N6O8. The van der Waals surface area contributed by atoms with E-state index < -0.39 is 29.8 Å². The van der Waals surface area contributed by atoms with Gasteiger partial charge >= 0.3 is 5.97 Å². The molecule has 338 valence electrons. The average Bonchev–Trinajstić information content (AvgIpc) is 3.31. The van der Waals surface area contributed by atoms with Gasteiger partial charge in [0.05, 0.1) is 28.9 Å². The summed E-state index contributed by atoms with van der Waals surface area (Å²) in [6, 6.07) is 32.5. The van der Waals surface area contributed by atoms with Gasteiger partial charge in [-0.05, 0) is 118 Å². The maximum Gasteiger partial charge on any atom is 0.308 e. The zero-order valence-electron chi connectivity index (χ0n) is 36.8. The number of carboxylic acid groups (broad SMARTS) is 1. The number of amides is 3. The highest BCUT2D eigenvalue weighted by molar-refractivity contribution is 5.95. The monoisotopic (exact) mass is 880 g/mol. The molecule has 6 aromatic rings. The molecule has 3 amide bonds. The van der Waals surface area contributed by atoms with Crippen molar-refractivity contribution in [3.63, 3.8) is 0 Å². The Morgan fingerprint density at radius 3 is 1.60 bits per heavy atom. The number of aromatic nitrogens is 2. The van der Waals surface area contributed by atoms with Crippen molar-refractivity contribution in [1.29, 1.82) is 0 Å². The van der Waals surface area contributed by atoms with Crippen LogP contribution in [-0.2, 0) is 22.8 Å². The molecule has 6 atom stereocenters. The van der Waals surface area contributed by atoms with E-state index in [1.54, 1.807) is 54.0 Å². The fourth-order valence-corrected chi connectivity index (χ4v) is 8.98. The molecule has 0 spiro atoms. The van der Waals surface area contributed by atoms with E-state index in [1.807, 2.05) is 81.4 Å². The van der Waals surface area contributed by atoms with Crippen LogP contribution in [0.5, 0.6) is 11.5 Å². The van der Waals surface area contributed by atoms with Gasteiger partial charge in [0.1, 0.15) is 24.7 Å². The number of nitrogens with zero attached hydrogens (tertiary/aromatic N) is 2. The van der Waals surface area contributed by atoms with Crippen LogP contribution in [0.25, 0.3) is 21.8 Å². The summed E-state index contributed by atoms with van der Waals surface area (Å²) in [7, 11) is 0. The molecular weight excluding hydrogens is 825 g/mol. The second kappa shape index (κ2) is 21.2. The summed E-state index contributed by atoms with van der Waals surface area (Å²) in [5.74, 6) is -1.62. The second-order valence-electron chi connectivity index (χ2n) is 17.0. The number of pyridine rings is 2. The normalized spacial score (nSPS) is 20.4. The van der Waals surface area contributed by atoms with Crippen LogP contribution in [0.4, 0.5) is 0 Å². The molecule has 2 aliphatic carbocycles. The molecule has 2 fully saturated rings. The molecule has 0 bridgehead atoms. The third-order valence-electron chi connectivity index (χ3n) is 12.4. The van der Waals surface area contributed by atoms with Crippen molar-refractivity contribution in [2.24, 2.45) is 23.5 Å². The molecule has 2 heterocycles. The fourth-order valence-electron chi connectivity index (χ4n) is 8.98. The zero-order valence-corrected chi connectivity index (χ0v) is 36.8. The molecule has 4 aromatic carbocycles. The summed E-state index contributed by atoms with van der Waals surface area (Å²) in [6.45, 7) is 6.70. The molecule has 2 saturated carbocycles. The van der Waals surface area contributed by atoms with Gasteiger partial charge in [0.15, 0.2) is 0 Å². The van der Waals surface area contributed by atoms with Crippen LogP contribution in [0.3, 0.4) is 0 Å². The van der Waals surface area contributed by atoms with Crippen molar-refractivity contribution >= 4 is 45.5 Å². The minimum atomic E-state index is -0.843. The van der Waals surface area contributed by atoms with Gasteiger partial charge in [-0.1, -0.05) is 56.2 Å². The summed E-state index contributed by atoms with van der Waals surface area (Å²) in [5, 5.41) is 26.4. The molecule has 8 rings (SSSR count). The van der Waals surface area contributed by atoms with Gasteiger partial charge in [0, 0.05) is 56.5 Å². The number of hydroxylamine groups is 1. The van der Waals surface area contributed by atoms with Crippen LogP contribution in [0.2, 0.25) is 0 Å². The lowest BCUT2D eigenvalue weighted by Crippen LogP contribution is -2.57. The molecule has 7 N–H and O–H groups in total. The fraction of sp³-hybridized carbons (Fsp3) is 0.333. The number of para-hydroxylation sites is 2. The van der Waals surface area contributed by atoms with Crippen LogP contribution in [0.1, 0.15) is 88.7 Å². The van der Waals surface area contributed by atoms with Gasteiger partial charge in [-0.25, -0.2) is 5.48 Å². The molecule has 0 saturated heterocycles. The van der Waals surface area contributed by atoms with E-state index in [0.29, 0.717) is 55.1 Å². The first-order valence-corrected chi connectivity index (χ1v) is 22.1. The van der Waals surface area contributed by atoms with Gasteiger partial charge in [-0.2, -0.15) is 0 Å². The minimum Gasteiger partial charge on any atom is -0.489 e. The average molecular weight is 881 g/mol. The number of carbonyl (C=O) groups is 4. The summed E-state index contributed by atoms with van der Waals surface area (Å²) in [4.78, 5) is 58.2. The number of aryl methyl sites for hydroxylation is 2. The zero-order chi connectivity index (χ0) is 46.0. The van der Waals surface area contributed by atoms with E-state index in [-0.39, 0.29) is 29.8 Å². The SMILES string of the molecule is Cc1cc(COc2ccc(C(=O)NC3[C@@H](C(=O)NO)CCC[C@@H]3N)cc2)c2ccccc2n1.Cc1cc(COc2ccc(C(=O)NC3[C@@H](C(=O)O)CCC[C@@H]3C)cc2)c2ccccc2n1. The summed E-state index contributed by atoms with van der Waals surface area (Å²) >= 11 is 0. The standard InChI is InChI=1S/C26H28N2O4.C25H28N4O4/c1-16-6-5-8-22(26(30)31)24(16)28-25(29)18-10-12-20(13-11-18)32-15-19-14-17(2)27-23-9-4-3-7-21(19)23;1-15-13-17(19-5-2-3-8-22(19)27-15)14-33-18-11-9-16(10-12-18)24(30)28-23-20(25(31)29-32)6-4-7-21(23)26/h3-4,7,9-14,16,22,24H,5-6,8,15H2,1-2H3,(H,28,29)(H,30,31);2-3,5,8-13,20-21,23,32H,4,6-7,14,26H2,1H3,(H,28,30)(H,29,31)/t16-,22-,24?;20-,21-,23?/m00/s1.